The summed E-state index contributed by atoms with van der Waals surface area (Å²) >= 11 is 0. The van der Waals surface area contributed by atoms with E-state index in [0.717, 1.165) is 13.1 Å². The van der Waals surface area contributed by atoms with Crippen molar-refractivity contribution < 1.29 is 0 Å². The van der Waals surface area contributed by atoms with E-state index in [9.17, 15) is 0 Å². The van der Waals surface area contributed by atoms with E-state index in [4.69, 9.17) is 11.5 Å². The Morgan fingerprint density at radius 1 is 1.27 bits per heavy atom. The summed E-state index contributed by atoms with van der Waals surface area (Å²) in [6, 6.07) is 0.238. The van der Waals surface area contributed by atoms with Crippen LogP contribution in [-0.4, -0.2) is 25.7 Å². The predicted molar refractivity (Wildman–Crippen MR) is 57.3 cm³/mol. The van der Waals surface area contributed by atoms with Crippen LogP contribution in [0.5, 0.6) is 0 Å². The van der Waals surface area contributed by atoms with Gasteiger partial charge in [-0.2, -0.15) is 0 Å². The van der Waals surface area contributed by atoms with Gasteiger partial charge >= 0.3 is 0 Å². The fourth-order valence-corrected chi connectivity index (χ4v) is 0.432. The van der Waals surface area contributed by atoms with Crippen LogP contribution in [0.2, 0.25) is 0 Å². The van der Waals surface area contributed by atoms with Crippen LogP contribution in [0.15, 0.2) is 0 Å². The highest BCUT2D eigenvalue weighted by Gasteiger charge is 1.88. The molecule has 0 saturated carbocycles. The summed E-state index contributed by atoms with van der Waals surface area (Å²) in [6.45, 7) is 4.37. The average Bonchev–Trinajstić information content (AvgIpc) is 1.66. The van der Waals surface area contributed by atoms with Gasteiger partial charge in [-0.25, -0.2) is 0 Å². The minimum Gasteiger partial charge on any atom is -0.329 e. The van der Waals surface area contributed by atoms with E-state index >= 15 is 0 Å². The van der Waals surface area contributed by atoms with Crippen molar-refractivity contribution in [3.8, 4) is 0 Å². The van der Waals surface area contributed by atoms with Gasteiger partial charge in [0.15, 0.2) is 0 Å². The van der Waals surface area contributed by atoms with Crippen LogP contribution in [-0.2, 0) is 0 Å². The van der Waals surface area contributed by atoms with Crippen LogP contribution >= 0.6 is 37.2 Å². The maximum Gasteiger partial charge on any atom is 0.0136 e. The molecule has 0 bridgehead atoms. The first kappa shape index (κ1) is 22.6. The Labute approximate surface area is 86.9 Å². The lowest BCUT2D eigenvalue weighted by atomic mass is 10.4. The number of rotatable bonds is 4. The lowest BCUT2D eigenvalue weighted by molar-refractivity contribution is 0.613. The second-order valence-electron chi connectivity index (χ2n) is 1.97. The van der Waals surface area contributed by atoms with E-state index < -0.39 is 0 Å². The number of nitrogens with one attached hydrogen (secondary N) is 1. The predicted octanol–water partition coefficient (Wildman–Crippen LogP) is 0.147. The topological polar surface area (TPSA) is 64.1 Å². The SMILES string of the molecule is C[C@H](N)CNCCN.Cl.Cl.Cl. The molecule has 11 heavy (non-hydrogen) atoms. The molecule has 0 radical (unpaired) electrons. The molecule has 0 heterocycles. The summed E-state index contributed by atoms with van der Waals surface area (Å²) in [6.07, 6.45) is 0. The molecule has 0 spiro atoms. The standard InChI is InChI=1S/C5H15N3.3ClH/c1-5(7)4-8-3-2-6;;;/h5,8H,2-4,6-7H2,1H3;3*1H/t5-;;;/m0.../s1. The Bertz CT molecular complexity index is 54.2. The van der Waals surface area contributed by atoms with Gasteiger partial charge < -0.3 is 16.8 Å². The third-order valence-electron chi connectivity index (χ3n) is 0.787. The Morgan fingerprint density at radius 3 is 2.00 bits per heavy atom. The molecular weight excluding hydrogens is 208 g/mol. The van der Waals surface area contributed by atoms with Crippen molar-refractivity contribution in [1.82, 2.24) is 5.32 Å². The normalized spacial score (nSPS) is 10.1. The zero-order valence-corrected chi connectivity index (χ0v) is 9.03. The summed E-state index contributed by atoms with van der Waals surface area (Å²) in [5.41, 5.74) is 10.6. The zero-order valence-electron chi connectivity index (χ0n) is 6.58. The van der Waals surface area contributed by atoms with E-state index in [1.54, 1.807) is 0 Å². The largest absolute Gasteiger partial charge is 0.329 e. The second kappa shape index (κ2) is 17.0. The highest BCUT2D eigenvalue weighted by molar-refractivity contribution is 5.86. The molecule has 5 N–H and O–H groups in total. The van der Waals surface area contributed by atoms with Crippen LogP contribution in [0.1, 0.15) is 6.92 Å². The highest BCUT2D eigenvalue weighted by Crippen LogP contribution is 1.66. The van der Waals surface area contributed by atoms with Gasteiger partial charge in [0.25, 0.3) is 0 Å². The first-order valence-electron chi connectivity index (χ1n) is 2.93. The van der Waals surface area contributed by atoms with Gasteiger partial charge in [-0.05, 0) is 6.92 Å². The van der Waals surface area contributed by atoms with E-state index in [0.29, 0.717) is 6.54 Å². The molecule has 0 aromatic carbocycles. The van der Waals surface area contributed by atoms with Crippen molar-refractivity contribution >= 4 is 37.2 Å². The van der Waals surface area contributed by atoms with Gasteiger partial charge in [0.1, 0.15) is 0 Å². The van der Waals surface area contributed by atoms with Crippen molar-refractivity contribution in [1.29, 1.82) is 0 Å². The summed E-state index contributed by atoms with van der Waals surface area (Å²) in [5.74, 6) is 0. The second-order valence-corrected chi connectivity index (χ2v) is 1.97. The molecule has 0 aliphatic rings. The van der Waals surface area contributed by atoms with E-state index in [1.807, 2.05) is 6.92 Å². The Hall–Kier alpha value is 0.750. The summed E-state index contributed by atoms with van der Waals surface area (Å²) in [7, 11) is 0. The zero-order chi connectivity index (χ0) is 6.41. The fourth-order valence-electron chi connectivity index (χ4n) is 0.432. The highest BCUT2D eigenvalue weighted by atomic mass is 35.5. The Balaban J connectivity index is -0.0000000817. The maximum atomic E-state index is 5.43. The molecule has 0 aromatic rings. The van der Waals surface area contributed by atoms with Gasteiger partial charge in [-0.3, -0.25) is 0 Å². The molecule has 0 fully saturated rings. The number of nitrogens with two attached hydrogens (primary N) is 2. The van der Waals surface area contributed by atoms with Crippen LogP contribution in [0.25, 0.3) is 0 Å². The minimum absolute atomic E-state index is 0. The molecule has 6 heteroatoms. The summed E-state index contributed by atoms with van der Waals surface area (Å²) in [4.78, 5) is 0. The van der Waals surface area contributed by atoms with Crippen molar-refractivity contribution in [2.24, 2.45) is 11.5 Å². The molecule has 0 amide bonds. The Morgan fingerprint density at radius 2 is 1.73 bits per heavy atom. The molecule has 0 rings (SSSR count). The quantitative estimate of drug-likeness (QED) is 0.598. The number of hydrogen-bond acceptors (Lipinski definition) is 3. The van der Waals surface area contributed by atoms with E-state index in [1.165, 1.54) is 0 Å². The molecule has 0 aromatic heterocycles. The fraction of sp³-hybridized carbons (Fsp3) is 1.00. The van der Waals surface area contributed by atoms with Crippen molar-refractivity contribution in [3.05, 3.63) is 0 Å². The molecule has 3 nitrogen and oxygen atoms in total. The van der Waals surface area contributed by atoms with Gasteiger partial charge in [0.05, 0.1) is 0 Å². The van der Waals surface area contributed by atoms with Gasteiger partial charge in [0, 0.05) is 25.7 Å². The first-order valence-corrected chi connectivity index (χ1v) is 2.93. The monoisotopic (exact) mass is 225 g/mol. The lowest BCUT2D eigenvalue weighted by Gasteiger charge is -2.04. The maximum absolute atomic E-state index is 5.43. The Kier molecular flexibility index (Phi) is 35.0. The smallest absolute Gasteiger partial charge is 0.0136 e. The molecular formula is C5H18Cl3N3. The van der Waals surface area contributed by atoms with E-state index in [2.05, 4.69) is 5.32 Å². The average molecular weight is 227 g/mol. The van der Waals surface area contributed by atoms with Crippen molar-refractivity contribution in [2.45, 2.75) is 13.0 Å². The summed E-state index contributed by atoms with van der Waals surface area (Å²) < 4.78 is 0. The molecule has 0 aliphatic heterocycles. The van der Waals surface area contributed by atoms with Crippen molar-refractivity contribution in [3.63, 3.8) is 0 Å². The van der Waals surface area contributed by atoms with Crippen LogP contribution in [0.4, 0.5) is 0 Å². The summed E-state index contributed by atoms with van der Waals surface area (Å²) in [5, 5.41) is 3.08. The number of hydrogen-bond donors (Lipinski definition) is 3. The molecule has 74 valence electrons. The first-order chi connectivity index (χ1) is 3.77. The van der Waals surface area contributed by atoms with Crippen LogP contribution < -0.4 is 16.8 Å². The number of halogens is 3. The van der Waals surface area contributed by atoms with Crippen LogP contribution in [0, 0.1) is 0 Å². The molecule has 0 aliphatic carbocycles. The van der Waals surface area contributed by atoms with Gasteiger partial charge in [-0.1, -0.05) is 0 Å². The third-order valence-corrected chi connectivity index (χ3v) is 0.787. The van der Waals surface area contributed by atoms with Crippen LogP contribution in [0.3, 0.4) is 0 Å². The minimum atomic E-state index is 0. The van der Waals surface area contributed by atoms with E-state index in [-0.39, 0.29) is 43.3 Å². The van der Waals surface area contributed by atoms with Crippen molar-refractivity contribution in [2.75, 3.05) is 19.6 Å². The molecule has 1 atom stereocenters. The van der Waals surface area contributed by atoms with Gasteiger partial charge in [-0.15, -0.1) is 37.2 Å². The molecule has 0 saturated heterocycles. The molecule has 0 unspecified atom stereocenters. The third kappa shape index (κ3) is 24.9. The van der Waals surface area contributed by atoms with Gasteiger partial charge in [0.2, 0.25) is 0 Å². The lowest BCUT2D eigenvalue weighted by Crippen LogP contribution is -2.33.